The number of nitro benzene ring substituents is 1. The number of para-hydroxylation sites is 1. The van der Waals surface area contributed by atoms with Crippen molar-refractivity contribution in [2.45, 2.75) is 13.1 Å². The highest BCUT2D eigenvalue weighted by Crippen LogP contribution is 2.24. The first-order chi connectivity index (χ1) is 9.82. The van der Waals surface area contributed by atoms with Gasteiger partial charge in [0.15, 0.2) is 0 Å². The molecule has 0 aliphatic rings. The van der Waals surface area contributed by atoms with Crippen LogP contribution in [0.5, 0.6) is 0 Å². The molecule has 1 heterocycles. The average molecular weight is 295 g/mol. The van der Waals surface area contributed by atoms with Crippen molar-refractivity contribution in [1.29, 1.82) is 0 Å². The number of hydrogen-bond donors (Lipinski definition) is 2. The summed E-state index contributed by atoms with van der Waals surface area (Å²) in [5, 5.41) is 28.6. The number of carboxylic acids is 2. The number of aliphatic carboxylic acids is 2. The second-order valence-corrected chi connectivity index (χ2v) is 4.14. The molecular formula is C11H9N3O7. The molecule has 1 aromatic carbocycles. The number of nitro groups is 1. The number of fused-ring (bicyclic) bond motifs is 1. The fourth-order valence-corrected chi connectivity index (χ4v) is 2.08. The number of carboxylic acid groups (broad SMARTS) is 2. The van der Waals surface area contributed by atoms with E-state index < -0.39 is 41.3 Å². The lowest BCUT2D eigenvalue weighted by Crippen LogP contribution is -2.28. The summed E-state index contributed by atoms with van der Waals surface area (Å²) in [6.45, 7) is -1.52. The largest absolute Gasteiger partial charge is 0.480 e. The molecule has 0 bridgehead atoms. The summed E-state index contributed by atoms with van der Waals surface area (Å²) in [5.74, 6) is -2.69. The number of non-ortho nitro benzene ring substituents is 1. The fraction of sp³-hybridized carbons (Fsp3) is 0.182. The molecular weight excluding hydrogens is 286 g/mol. The van der Waals surface area contributed by atoms with Crippen LogP contribution in [0.2, 0.25) is 0 Å². The average Bonchev–Trinajstić information content (AvgIpc) is 2.63. The van der Waals surface area contributed by atoms with Crippen LogP contribution in [0.4, 0.5) is 5.69 Å². The van der Waals surface area contributed by atoms with Crippen LogP contribution in [0.15, 0.2) is 23.0 Å². The lowest BCUT2D eigenvalue weighted by Gasteiger charge is -1.99. The van der Waals surface area contributed by atoms with Crippen molar-refractivity contribution in [1.82, 2.24) is 9.13 Å². The third-order valence-electron chi connectivity index (χ3n) is 2.80. The Kier molecular flexibility index (Phi) is 3.44. The summed E-state index contributed by atoms with van der Waals surface area (Å²) in [6.07, 6.45) is 0. The van der Waals surface area contributed by atoms with Gasteiger partial charge in [0.25, 0.3) is 5.69 Å². The second kappa shape index (κ2) is 5.07. The van der Waals surface area contributed by atoms with Gasteiger partial charge in [-0.05, 0) is 6.07 Å². The molecule has 2 aromatic rings. The predicted molar refractivity (Wildman–Crippen MR) is 68.1 cm³/mol. The Bertz CT molecular complexity index is 817. The molecule has 0 radical (unpaired) electrons. The van der Waals surface area contributed by atoms with Gasteiger partial charge in [-0.25, -0.2) is 4.79 Å². The zero-order valence-electron chi connectivity index (χ0n) is 10.4. The van der Waals surface area contributed by atoms with Crippen LogP contribution in [0.25, 0.3) is 11.0 Å². The Morgan fingerprint density at radius 1 is 1.14 bits per heavy atom. The summed E-state index contributed by atoms with van der Waals surface area (Å²) in [5.41, 5.74) is -1.60. The van der Waals surface area contributed by atoms with E-state index in [1.165, 1.54) is 12.1 Å². The topological polar surface area (TPSA) is 145 Å². The van der Waals surface area contributed by atoms with E-state index in [2.05, 4.69) is 0 Å². The highest BCUT2D eigenvalue weighted by molar-refractivity contribution is 5.87. The lowest BCUT2D eigenvalue weighted by atomic mass is 10.2. The van der Waals surface area contributed by atoms with Crippen molar-refractivity contribution in [2.75, 3.05) is 0 Å². The molecule has 10 heteroatoms. The normalized spacial score (nSPS) is 10.7. The number of aromatic nitrogens is 2. The molecule has 1 aromatic heterocycles. The molecule has 0 aliphatic heterocycles. The summed E-state index contributed by atoms with van der Waals surface area (Å²) < 4.78 is 1.46. The number of rotatable bonds is 5. The number of carbonyl (C=O) groups is 2. The van der Waals surface area contributed by atoms with Crippen molar-refractivity contribution in [2.24, 2.45) is 0 Å². The first kappa shape index (κ1) is 14.2. The zero-order chi connectivity index (χ0) is 15.7. The van der Waals surface area contributed by atoms with Crippen LogP contribution in [0, 0.1) is 10.1 Å². The maximum Gasteiger partial charge on any atom is 0.330 e. The van der Waals surface area contributed by atoms with Crippen molar-refractivity contribution < 1.29 is 24.7 Å². The van der Waals surface area contributed by atoms with E-state index >= 15 is 0 Å². The van der Waals surface area contributed by atoms with Gasteiger partial charge in [0.2, 0.25) is 0 Å². The van der Waals surface area contributed by atoms with Crippen molar-refractivity contribution in [3.8, 4) is 0 Å². The Balaban J connectivity index is 2.88. The third-order valence-corrected chi connectivity index (χ3v) is 2.80. The smallest absolute Gasteiger partial charge is 0.330 e. The minimum Gasteiger partial charge on any atom is -0.480 e. The maximum absolute atomic E-state index is 12.1. The Hall–Kier alpha value is -3.17. The molecule has 0 fully saturated rings. The van der Waals surface area contributed by atoms with Gasteiger partial charge < -0.3 is 10.2 Å². The van der Waals surface area contributed by atoms with E-state index in [1.807, 2.05) is 0 Å². The van der Waals surface area contributed by atoms with E-state index in [9.17, 15) is 24.5 Å². The van der Waals surface area contributed by atoms with E-state index in [1.54, 1.807) is 0 Å². The Labute approximate surface area is 115 Å². The molecule has 21 heavy (non-hydrogen) atoms. The lowest BCUT2D eigenvalue weighted by molar-refractivity contribution is -0.383. The third kappa shape index (κ3) is 2.45. The molecule has 110 valence electrons. The molecule has 0 spiro atoms. The summed E-state index contributed by atoms with van der Waals surface area (Å²) >= 11 is 0. The summed E-state index contributed by atoms with van der Waals surface area (Å²) in [4.78, 5) is 44.0. The number of nitrogens with zero attached hydrogens (tertiary/aromatic N) is 3. The van der Waals surface area contributed by atoms with Crippen LogP contribution >= 0.6 is 0 Å². The molecule has 10 nitrogen and oxygen atoms in total. The first-order valence-electron chi connectivity index (χ1n) is 5.63. The minimum absolute atomic E-state index is 0.00199. The highest BCUT2D eigenvalue weighted by atomic mass is 16.6. The van der Waals surface area contributed by atoms with Crippen LogP contribution in [0.3, 0.4) is 0 Å². The van der Waals surface area contributed by atoms with Gasteiger partial charge in [-0.1, -0.05) is 6.07 Å². The SMILES string of the molecule is O=C(O)Cn1c(=O)n(CC(=O)O)c2c([N+](=O)[O-])cccc21. The first-order valence-corrected chi connectivity index (χ1v) is 5.63. The number of benzene rings is 1. The van der Waals surface area contributed by atoms with Gasteiger partial charge in [-0.15, -0.1) is 0 Å². The molecule has 0 unspecified atom stereocenters. The van der Waals surface area contributed by atoms with Gasteiger partial charge in [0.1, 0.15) is 18.6 Å². The maximum atomic E-state index is 12.1. The molecule has 0 saturated heterocycles. The van der Waals surface area contributed by atoms with Crippen molar-refractivity contribution in [3.63, 3.8) is 0 Å². The molecule has 0 atom stereocenters. The van der Waals surface area contributed by atoms with E-state index in [0.717, 1.165) is 10.6 Å². The predicted octanol–water partition coefficient (Wildman–Crippen LogP) is -0.120. The van der Waals surface area contributed by atoms with Crippen LogP contribution in [0.1, 0.15) is 0 Å². The minimum atomic E-state index is -1.37. The highest BCUT2D eigenvalue weighted by Gasteiger charge is 2.24. The van der Waals surface area contributed by atoms with Gasteiger partial charge in [0.05, 0.1) is 10.4 Å². The molecule has 2 N–H and O–H groups in total. The van der Waals surface area contributed by atoms with Gasteiger partial charge in [-0.3, -0.25) is 28.8 Å². The number of hydrogen-bond acceptors (Lipinski definition) is 5. The molecule has 0 aliphatic carbocycles. The Morgan fingerprint density at radius 2 is 1.71 bits per heavy atom. The second-order valence-electron chi connectivity index (χ2n) is 4.14. The van der Waals surface area contributed by atoms with Crippen molar-refractivity contribution in [3.05, 3.63) is 38.8 Å². The quantitative estimate of drug-likeness (QED) is 0.577. The molecule has 2 rings (SSSR count). The van der Waals surface area contributed by atoms with Crippen LogP contribution in [-0.4, -0.2) is 36.2 Å². The van der Waals surface area contributed by atoms with Gasteiger partial charge >= 0.3 is 17.6 Å². The van der Waals surface area contributed by atoms with Crippen LogP contribution < -0.4 is 5.69 Å². The fourth-order valence-electron chi connectivity index (χ4n) is 2.08. The standard InChI is InChI=1S/C11H9N3O7/c15-8(16)4-12-6-2-1-3-7(14(20)21)10(6)13(11(12)19)5-9(17)18/h1-3H,4-5H2,(H,15,16)(H,17,18). The van der Waals surface area contributed by atoms with Gasteiger partial charge in [-0.2, -0.15) is 0 Å². The van der Waals surface area contributed by atoms with E-state index in [-0.39, 0.29) is 11.0 Å². The summed E-state index contributed by atoms with van der Waals surface area (Å²) in [7, 11) is 0. The van der Waals surface area contributed by atoms with Gasteiger partial charge in [0, 0.05) is 6.07 Å². The number of imidazole rings is 1. The monoisotopic (exact) mass is 295 g/mol. The van der Waals surface area contributed by atoms with Crippen molar-refractivity contribution >= 4 is 28.7 Å². The Morgan fingerprint density at radius 3 is 2.24 bits per heavy atom. The van der Waals surface area contributed by atoms with E-state index in [0.29, 0.717) is 4.57 Å². The zero-order valence-corrected chi connectivity index (χ0v) is 10.4. The van der Waals surface area contributed by atoms with Crippen LogP contribution in [-0.2, 0) is 22.7 Å². The molecule has 0 saturated carbocycles. The molecule has 0 amide bonds. The van der Waals surface area contributed by atoms with E-state index in [4.69, 9.17) is 10.2 Å². The summed E-state index contributed by atoms with van der Waals surface area (Å²) in [6, 6.07) is 3.74.